The quantitative estimate of drug-likeness (QED) is 0.458. The van der Waals surface area contributed by atoms with Crippen LogP contribution < -0.4 is 20.1 Å². The third-order valence-electron chi connectivity index (χ3n) is 8.18. The summed E-state index contributed by atoms with van der Waals surface area (Å²) >= 11 is 5.70. The molecule has 5 nitrogen and oxygen atoms in total. The molecule has 6 heteroatoms. The van der Waals surface area contributed by atoms with Crippen molar-refractivity contribution in [3.63, 3.8) is 0 Å². The Morgan fingerprint density at radius 1 is 0.917 bits per heavy atom. The Hall–Kier alpha value is -3.09. The van der Waals surface area contributed by atoms with Crippen LogP contribution in [0, 0.1) is 0 Å². The van der Waals surface area contributed by atoms with Gasteiger partial charge in [-0.05, 0) is 73.3 Å². The minimum atomic E-state index is 0.118. The summed E-state index contributed by atoms with van der Waals surface area (Å²) in [6, 6.07) is 28.6. The Balaban J connectivity index is 1.20. The lowest BCUT2D eigenvalue weighted by Gasteiger charge is -2.45. The zero-order chi connectivity index (χ0) is 24.4. The lowest BCUT2D eigenvalue weighted by Crippen LogP contribution is -2.53. The fourth-order valence-electron chi connectivity index (χ4n) is 6.34. The zero-order valence-corrected chi connectivity index (χ0v) is 21.3. The van der Waals surface area contributed by atoms with Gasteiger partial charge in [0.2, 0.25) is 6.79 Å². The molecule has 1 saturated carbocycles. The zero-order valence-electron chi connectivity index (χ0n) is 20.5. The molecule has 3 aliphatic rings. The molecule has 0 spiro atoms. The van der Waals surface area contributed by atoms with Crippen molar-refractivity contribution in [2.45, 2.75) is 56.3 Å². The Morgan fingerprint density at radius 3 is 2.47 bits per heavy atom. The molecule has 0 aromatic heterocycles. The van der Waals surface area contributed by atoms with Crippen LogP contribution >= 0.6 is 12.2 Å². The molecular weight excluding hydrogens is 466 g/mol. The molecule has 2 heterocycles. The summed E-state index contributed by atoms with van der Waals surface area (Å²) in [5.41, 5.74) is 4.11. The highest BCUT2D eigenvalue weighted by Crippen LogP contribution is 2.51. The smallest absolute Gasteiger partial charge is 0.231 e. The topological polar surface area (TPSA) is 45.8 Å². The van der Waals surface area contributed by atoms with Crippen LogP contribution in [-0.4, -0.2) is 35.4 Å². The van der Waals surface area contributed by atoms with Gasteiger partial charge in [-0.25, -0.2) is 0 Å². The van der Waals surface area contributed by atoms with E-state index in [-0.39, 0.29) is 5.41 Å². The summed E-state index contributed by atoms with van der Waals surface area (Å²) in [4.78, 5) is 2.69. The number of rotatable bonds is 6. The first kappa shape index (κ1) is 23.3. The number of fused-ring (bicyclic) bond motifs is 2. The molecule has 36 heavy (non-hydrogen) atoms. The van der Waals surface area contributed by atoms with E-state index in [4.69, 9.17) is 21.7 Å². The summed E-state index contributed by atoms with van der Waals surface area (Å²) < 4.78 is 11.4. The van der Waals surface area contributed by atoms with Crippen LogP contribution in [0.25, 0.3) is 0 Å². The third-order valence-corrected chi connectivity index (χ3v) is 8.44. The van der Waals surface area contributed by atoms with E-state index in [0.29, 0.717) is 18.9 Å². The normalized spacial score (nSPS) is 24.8. The third kappa shape index (κ3) is 4.67. The van der Waals surface area contributed by atoms with Crippen LogP contribution in [0.4, 0.5) is 0 Å². The van der Waals surface area contributed by atoms with Crippen molar-refractivity contribution in [1.82, 2.24) is 15.5 Å². The molecule has 2 fully saturated rings. The molecule has 0 amide bonds. The monoisotopic (exact) mass is 499 g/mol. The van der Waals surface area contributed by atoms with Gasteiger partial charge in [0.05, 0.1) is 0 Å². The minimum absolute atomic E-state index is 0.118. The van der Waals surface area contributed by atoms with Crippen molar-refractivity contribution in [2.24, 2.45) is 0 Å². The van der Waals surface area contributed by atoms with Crippen LogP contribution in [0.3, 0.4) is 0 Å². The van der Waals surface area contributed by atoms with Gasteiger partial charge in [0.15, 0.2) is 16.6 Å². The second kappa shape index (κ2) is 10.1. The average molecular weight is 500 g/mol. The number of nitrogens with one attached hydrogen (secondary N) is 2. The van der Waals surface area contributed by atoms with Gasteiger partial charge >= 0.3 is 0 Å². The molecular formula is C30H33N3O2S. The van der Waals surface area contributed by atoms with Crippen molar-refractivity contribution in [1.29, 1.82) is 0 Å². The van der Waals surface area contributed by atoms with E-state index in [2.05, 4.69) is 88.3 Å². The maximum Gasteiger partial charge on any atom is 0.231 e. The Bertz CT molecular complexity index is 1210. The molecule has 3 atom stereocenters. The number of thiocarbonyl (C=S) groups is 1. The number of ether oxygens (including phenoxy) is 2. The van der Waals surface area contributed by atoms with Gasteiger partial charge in [-0.3, -0.25) is 4.90 Å². The van der Waals surface area contributed by atoms with E-state index in [1.54, 1.807) is 0 Å². The largest absolute Gasteiger partial charge is 0.454 e. The molecule has 6 rings (SSSR count). The van der Waals surface area contributed by atoms with E-state index in [0.717, 1.165) is 61.9 Å². The Kier molecular flexibility index (Phi) is 6.55. The highest BCUT2D eigenvalue weighted by atomic mass is 32.1. The summed E-state index contributed by atoms with van der Waals surface area (Å²) in [5.74, 6) is 1.74. The van der Waals surface area contributed by atoms with Gasteiger partial charge in [-0.2, -0.15) is 0 Å². The maximum atomic E-state index is 5.76. The summed E-state index contributed by atoms with van der Waals surface area (Å²) in [7, 11) is 0. The summed E-state index contributed by atoms with van der Waals surface area (Å²) in [5, 5.41) is 7.79. The predicted octanol–water partition coefficient (Wildman–Crippen LogP) is 5.14. The number of benzene rings is 3. The first-order valence-electron chi connectivity index (χ1n) is 13.0. The standard InChI is InChI=1S/C30H33N3O2S/c36-29(31-19-22-7-3-1-4-8-22)32-25-13-14-30(24-11-12-26-27(17-24)35-21-34-26)15-16-33(28(30)18-25)20-23-9-5-2-6-10-23/h1-12,17,25,28H,13-16,18-21H2,(H2,31,32,36)/t25-,28-,30-/m0/s1. The van der Waals surface area contributed by atoms with Crippen molar-refractivity contribution >= 4 is 17.3 Å². The summed E-state index contributed by atoms with van der Waals surface area (Å²) in [6.07, 6.45) is 4.45. The van der Waals surface area contributed by atoms with E-state index in [1.165, 1.54) is 16.7 Å². The van der Waals surface area contributed by atoms with Crippen LogP contribution in [0.5, 0.6) is 11.5 Å². The number of hydrogen-bond donors (Lipinski definition) is 2. The fraction of sp³-hybridized carbons (Fsp3) is 0.367. The van der Waals surface area contributed by atoms with Crippen LogP contribution in [0.15, 0.2) is 78.9 Å². The highest BCUT2D eigenvalue weighted by Gasteiger charge is 2.51. The molecule has 1 saturated heterocycles. The molecule has 186 valence electrons. The minimum Gasteiger partial charge on any atom is -0.454 e. The second-order valence-electron chi connectivity index (χ2n) is 10.2. The molecule has 2 aliphatic heterocycles. The maximum absolute atomic E-state index is 5.76. The fourth-order valence-corrected chi connectivity index (χ4v) is 6.58. The van der Waals surface area contributed by atoms with Gasteiger partial charge in [0.1, 0.15) is 0 Å². The molecule has 0 radical (unpaired) electrons. The average Bonchev–Trinajstić information content (AvgIpc) is 3.54. The molecule has 0 unspecified atom stereocenters. The second-order valence-corrected chi connectivity index (χ2v) is 10.6. The van der Waals surface area contributed by atoms with Crippen molar-refractivity contribution in [3.8, 4) is 11.5 Å². The van der Waals surface area contributed by atoms with Gasteiger partial charge in [-0.1, -0.05) is 66.7 Å². The van der Waals surface area contributed by atoms with E-state index < -0.39 is 0 Å². The van der Waals surface area contributed by atoms with Gasteiger partial charge in [-0.15, -0.1) is 0 Å². The van der Waals surface area contributed by atoms with Gasteiger partial charge in [0.25, 0.3) is 0 Å². The van der Waals surface area contributed by atoms with E-state index in [1.807, 2.05) is 6.07 Å². The SMILES string of the molecule is S=C(NCc1ccccc1)N[C@H]1CC[C@@]2(c3ccc4c(c3)OCO4)CCN(Cc3ccccc3)[C@H]2C1. The molecule has 1 aliphatic carbocycles. The lowest BCUT2D eigenvalue weighted by molar-refractivity contribution is 0.134. The van der Waals surface area contributed by atoms with Crippen LogP contribution in [0.2, 0.25) is 0 Å². The number of likely N-dealkylation sites (tertiary alicyclic amines) is 1. The number of hydrogen-bond acceptors (Lipinski definition) is 4. The highest BCUT2D eigenvalue weighted by molar-refractivity contribution is 7.80. The Labute approximate surface area is 218 Å². The molecule has 3 aromatic carbocycles. The van der Waals surface area contributed by atoms with Gasteiger partial charge in [0, 0.05) is 30.6 Å². The van der Waals surface area contributed by atoms with E-state index >= 15 is 0 Å². The Morgan fingerprint density at radius 2 is 1.67 bits per heavy atom. The first-order chi connectivity index (χ1) is 17.7. The predicted molar refractivity (Wildman–Crippen MR) is 146 cm³/mol. The first-order valence-corrected chi connectivity index (χ1v) is 13.4. The van der Waals surface area contributed by atoms with Crippen LogP contribution in [-0.2, 0) is 18.5 Å². The molecule has 2 N–H and O–H groups in total. The summed E-state index contributed by atoms with van der Waals surface area (Å²) in [6.45, 7) is 3.12. The van der Waals surface area contributed by atoms with Crippen molar-refractivity contribution in [2.75, 3.05) is 13.3 Å². The lowest BCUT2D eigenvalue weighted by atomic mass is 9.65. The van der Waals surface area contributed by atoms with Crippen molar-refractivity contribution < 1.29 is 9.47 Å². The van der Waals surface area contributed by atoms with Crippen LogP contribution in [0.1, 0.15) is 42.4 Å². The van der Waals surface area contributed by atoms with Crippen molar-refractivity contribution in [3.05, 3.63) is 95.6 Å². The number of nitrogens with zero attached hydrogens (tertiary/aromatic N) is 1. The molecule has 0 bridgehead atoms. The molecule has 3 aromatic rings. The van der Waals surface area contributed by atoms with E-state index in [9.17, 15) is 0 Å². The van der Waals surface area contributed by atoms with Gasteiger partial charge < -0.3 is 20.1 Å².